The summed E-state index contributed by atoms with van der Waals surface area (Å²) in [6, 6.07) is 6.32. The van der Waals surface area contributed by atoms with Crippen LogP contribution in [0.2, 0.25) is 0 Å². The Hall–Kier alpha value is -0.110. The summed E-state index contributed by atoms with van der Waals surface area (Å²) in [7, 11) is -3.62. The molecule has 1 aromatic rings. The molecule has 0 spiro atoms. The summed E-state index contributed by atoms with van der Waals surface area (Å²) >= 11 is 4.90. The van der Waals surface area contributed by atoms with Gasteiger partial charge in [0.25, 0.3) is 0 Å². The van der Waals surface area contributed by atoms with Gasteiger partial charge in [0.1, 0.15) is 10.0 Å². The molecule has 1 saturated carbocycles. The fraction of sp³-hybridized carbons (Fsp3) is 0.364. The molecule has 0 saturated heterocycles. The molecular weight excluding hydrogens is 301 g/mol. The fourth-order valence-electron chi connectivity index (χ4n) is 1.08. The Kier molecular flexibility index (Phi) is 8.19. The number of carboxylic acid groups (broad SMARTS) is 1. The zero-order valence-electron chi connectivity index (χ0n) is 10.7. The molecule has 0 amide bonds. The molecule has 0 unspecified atom stereocenters. The Bertz CT molecular complexity index is 514. The van der Waals surface area contributed by atoms with Crippen LogP contribution in [0.1, 0.15) is 18.4 Å². The van der Waals surface area contributed by atoms with Crippen molar-refractivity contribution in [2.75, 3.05) is 0 Å². The maximum Gasteiger partial charge on any atom is 1.00 e. The molecule has 8 heteroatoms. The molecule has 0 bridgehead atoms. The fourth-order valence-corrected chi connectivity index (χ4v) is 1.88. The Labute approximate surface area is 139 Å². The number of hydrogen-bond acceptors (Lipinski definition) is 3. The van der Waals surface area contributed by atoms with Crippen molar-refractivity contribution in [1.29, 1.82) is 0 Å². The number of benzene rings is 1. The number of halogens is 1. The van der Waals surface area contributed by atoms with E-state index in [1.54, 1.807) is 12.1 Å². The second kappa shape index (κ2) is 8.24. The third-order valence-corrected chi connectivity index (χ3v) is 3.93. The van der Waals surface area contributed by atoms with E-state index in [1.807, 2.05) is 6.92 Å². The molecule has 0 heterocycles. The maximum atomic E-state index is 11.0. The first-order chi connectivity index (χ1) is 8.36. The minimum atomic E-state index is -3.62. The number of hydrogen-bond donors (Lipinski definition) is 1. The van der Waals surface area contributed by atoms with Gasteiger partial charge in [-0.25, -0.2) is 8.42 Å². The van der Waals surface area contributed by atoms with Gasteiger partial charge in [-0.15, -0.1) is 0 Å². The van der Waals surface area contributed by atoms with Crippen LogP contribution in [0.25, 0.3) is 4.24 Å². The van der Waals surface area contributed by atoms with E-state index in [-0.39, 0.29) is 40.4 Å². The van der Waals surface area contributed by atoms with Crippen molar-refractivity contribution in [3.05, 3.63) is 34.1 Å². The monoisotopic (exact) mass is 313 g/mol. The molecule has 0 atom stereocenters. The minimum Gasteiger partial charge on any atom is -0.481 e. The minimum absolute atomic E-state index is 0. The van der Waals surface area contributed by atoms with E-state index in [1.165, 1.54) is 12.1 Å². The van der Waals surface area contributed by atoms with Crippen LogP contribution in [0.3, 0.4) is 0 Å². The van der Waals surface area contributed by atoms with Crippen molar-refractivity contribution in [1.82, 2.24) is 0 Å². The number of carboxylic acids is 1. The van der Waals surface area contributed by atoms with Crippen LogP contribution < -0.4 is 29.6 Å². The van der Waals surface area contributed by atoms with E-state index in [9.17, 15) is 13.2 Å². The molecule has 1 aliphatic rings. The smallest absolute Gasteiger partial charge is 0.481 e. The summed E-state index contributed by atoms with van der Waals surface area (Å²) in [6.07, 6.45) is 1.80. The number of rotatable bonds is 3. The molecule has 1 N–H and O–H groups in total. The first-order valence-corrected chi connectivity index (χ1v) is 7.02. The van der Waals surface area contributed by atoms with Crippen molar-refractivity contribution in [3.63, 3.8) is 0 Å². The largest absolute Gasteiger partial charge is 1.00 e. The Morgan fingerprint density at radius 2 is 1.79 bits per heavy atom. The average molecular weight is 314 g/mol. The first-order valence-electron chi connectivity index (χ1n) is 5.24. The molecule has 1 aliphatic carbocycles. The van der Waals surface area contributed by atoms with Crippen LogP contribution in [-0.2, 0) is 14.8 Å². The average Bonchev–Trinajstić information content (AvgIpc) is 3.14. The SMILES string of the molecule is Cc1ccc(S(=O)(=O)[N-]Cl)cc1.O=C(O)C1CC1.[Na+]. The molecule has 1 aromatic carbocycles. The zero-order chi connectivity index (χ0) is 13.8. The number of nitrogens with zero attached hydrogens (tertiary/aromatic N) is 1. The van der Waals surface area contributed by atoms with Gasteiger partial charge in [-0.2, -0.15) is 0 Å². The third-order valence-electron chi connectivity index (χ3n) is 2.34. The van der Waals surface area contributed by atoms with Crippen molar-refractivity contribution in [2.24, 2.45) is 5.92 Å². The quantitative estimate of drug-likeness (QED) is 0.776. The van der Waals surface area contributed by atoms with Gasteiger partial charge >= 0.3 is 35.5 Å². The number of aryl methyl sites for hydroxylation is 1. The van der Waals surface area contributed by atoms with Gasteiger partial charge in [0.05, 0.1) is 5.92 Å². The van der Waals surface area contributed by atoms with Gasteiger partial charge in [0.15, 0.2) is 0 Å². The summed E-state index contributed by atoms with van der Waals surface area (Å²) in [4.78, 5) is 9.88. The van der Waals surface area contributed by atoms with E-state index in [4.69, 9.17) is 16.9 Å². The van der Waals surface area contributed by atoms with Gasteiger partial charge in [-0.1, -0.05) is 17.7 Å². The predicted molar refractivity (Wildman–Crippen MR) is 67.9 cm³/mol. The maximum absolute atomic E-state index is 11.0. The zero-order valence-corrected chi connectivity index (χ0v) is 14.3. The van der Waals surface area contributed by atoms with Crippen molar-refractivity contribution in [3.8, 4) is 0 Å². The summed E-state index contributed by atoms with van der Waals surface area (Å²) in [6.45, 7) is 1.87. The second-order valence-electron chi connectivity index (χ2n) is 3.97. The van der Waals surface area contributed by atoms with Crippen LogP contribution >= 0.6 is 11.8 Å². The third kappa shape index (κ3) is 6.74. The topological polar surface area (TPSA) is 85.5 Å². The van der Waals surface area contributed by atoms with E-state index >= 15 is 0 Å². The van der Waals surface area contributed by atoms with Crippen LogP contribution in [0, 0.1) is 12.8 Å². The number of sulfonamides is 1. The van der Waals surface area contributed by atoms with Gasteiger partial charge in [-0.3, -0.25) is 16.6 Å². The summed E-state index contributed by atoms with van der Waals surface area (Å²) in [5, 5.41) is 8.05. The van der Waals surface area contributed by atoms with Crippen LogP contribution in [-0.4, -0.2) is 19.5 Å². The molecule has 0 aromatic heterocycles. The molecule has 100 valence electrons. The van der Waals surface area contributed by atoms with Gasteiger partial charge in [0, 0.05) is 4.90 Å². The molecular formula is C11H13ClNNaO4S. The van der Waals surface area contributed by atoms with Crippen LogP contribution in [0.4, 0.5) is 0 Å². The second-order valence-corrected chi connectivity index (χ2v) is 5.94. The van der Waals surface area contributed by atoms with E-state index in [0.717, 1.165) is 18.4 Å². The van der Waals surface area contributed by atoms with Gasteiger partial charge in [-0.05, 0) is 31.9 Å². The number of carbonyl (C=O) groups is 1. The first kappa shape index (κ1) is 18.9. The van der Waals surface area contributed by atoms with Crippen molar-refractivity contribution >= 4 is 27.8 Å². The Morgan fingerprint density at radius 3 is 2.05 bits per heavy atom. The molecule has 19 heavy (non-hydrogen) atoms. The van der Waals surface area contributed by atoms with Crippen molar-refractivity contribution < 1.29 is 47.9 Å². The van der Waals surface area contributed by atoms with Crippen LogP contribution in [0.15, 0.2) is 29.2 Å². The standard InChI is InChI=1S/C7H7ClNO2S.C4H6O2.Na/c1-6-2-4-7(5-3-6)12(10,11)9-8;5-4(6)3-1-2-3;/h2-5H,1H3;3H,1-2H2,(H,5,6);/q-1;;+1. The normalized spacial score (nSPS) is 13.8. The molecule has 1 fully saturated rings. The summed E-state index contributed by atoms with van der Waals surface area (Å²) < 4.78 is 24.8. The van der Waals surface area contributed by atoms with E-state index in [2.05, 4.69) is 4.24 Å². The molecule has 0 radical (unpaired) electrons. The molecule has 5 nitrogen and oxygen atoms in total. The number of aliphatic carboxylic acids is 1. The van der Waals surface area contributed by atoms with Crippen LogP contribution in [0.5, 0.6) is 0 Å². The van der Waals surface area contributed by atoms with E-state index in [0.29, 0.717) is 0 Å². The summed E-state index contributed by atoms with van der Waals surface area (Å²) in [5.41, 5.74) is 0.989. The Morgan fingerprint density at radius 1 is 1.32 bits per heavy atom. The molecule has 2 rings (SSSR count). The Balaban J connectivity index is 0.000000392. The van der Waals surface area contributed by atoms with Gasteiger partial charge < -0.3 is 9.35 Å². The van der Waals surface area contributed by atoms with E-state index < -0.39 is 16.0 Å². The summed E-state index contributed by atoms with van der Waals surface area (Å²) in [5.74, 6) is -0.611. The van der Waals surface area contributed by atoms with Crippen molar-refractivity contribution in [2.45, 2.75) is 24.7 Å². The predicted octanol–water partition coefficient (Wildman–Crippen LogP) is -0.304. The molecule has 0 aliphatic heterocycles. The van der Waals surface area contributed by atoms with Gasteiger partial charge in [0.2, 0.25) is 0 Å².